The van der Waals surface area contributed by atoms with Crippen LogP contribution in [0.25, 0.3) is 0 Å². The van der Waals surface area contributed by atoms with Gasteiger partial charge in [-0.2, -0.15) is 5.10 Å². The molecule has 142 valence electrons. The smallest absolute Gasteiger partial charge is 0.292 e. The summed E-state index contributed by atoms with van der Waals surface area (Å²) in [6.07, 6.45) is 0. The Morgan fingerprint density at radius 2 is 1.93 bits per heavy atom. The van der Waals surface area contributed by atoms with Gasteiger partial charge in [-0.25, -0.2) is 0 Å². The van der Waals surface area contributed by atoms with E-state index < -0.39 is 0 Å². The monoisotopic (exact) mass is 370 g/mol. The first-order valence-corrected chi connectivity index (χ1v) is 8.39. The Bertz CT molecular complexity index is 883. The normalized spacial score (nSPS) is 10.8. The van der Waals surface area contributed by atoms with Crippen LogP contribution in [0.3, 0.4) is 0 Å². The Balaban J connectivity index is 1.54. The second kappa shape index (κ2) is 8.41. The number of hydrogen-bond donors (Lipinski definition) is 2. The minimum absolute atomic E-state index is 0.195. The predicted molar refractivity (Wildman–Crippen MR) is 100.0 cm³/mol. The van der Waals surface area contributed by atoms with E-state index in [1.54, 1.807) is 37.4 Å². The van der Waals surface area contributed by atoms with Gasteiger partial charge in [0.2, 0.25) is 0 Å². The quantitative estimate of drug-likeness (QED) is 0.633. The number of carbonyl (C=O) groups excluding carboxylic acids is 1. The molecule has 0 radical (unpaired) electrons. The van der Waals surface area contributed by atoms with Gasteiger partial charge in [-0.15, -0.1) is 0 Å². The largest absolute Gasteiger partial charge is 0.497 e. The van der Waals surface area contributed by atoms with E-state index in [1.807, 2.05) is 31.1 Å². The summed E-state index contributed by atoms with van der Waals surface area (Å²) in [5.74, 6) is 2.26. The third-order valence-corrected chi connectivity index (χ3v) is 3.69. The Kier molecular flexibility index (Phi) is 5.77. The Hall–Kier alpha value is -3.26. The first kappa shape index (κ1) is 18.5. The van der Waals surface area contributed by atoms with Crippen molar-refractivity contribution in [3.63, 3.8) is 0 Å². The van der Waals surface area contributed by atoms with E-state index >= 15 is 0 Å². The van der Waals surface area contributed by atoms with Crippen LogP contribution in [-0.4, -0.2) is 42.2 Å². The molecule has 2 N–H and O–H groups in total. The van der Waals surface area contributed by atoms with Crippen LogP contribution in [0.5, 0.6) is 11.5 Å². The van der Waals surface area contributed by atoms with Crippen molar-refractivity contribution >= 4 is 11.7 Å². The molecule has 8 heteroatoms. The number of methoxy groups -OCH3 is 1. The molecule has 8 nitrogen and oxygen atoms in total. The second-order valence-corrected chi connectivity index (χ2v) is 6.20. The van der Waals surface area contributed by atoms with Crippen LogP contribution in [0.4, 0.5) is 5.82 Å². The maximum atomic E-state index is 12.3. The molecule has 0 saturated carbocycles. The van der Waals surface area contributed by atoms with Gasteiger partial charge in [0.05, 0.1) is 12.8 Å². The van der Waals surface area contributed by atoms with Gasteiger partial charge >= 0.3 is 0 Å². The van der Waals surface area contributed by atoms with Crippen molar-refractivity contribution in [1.29, 1.82) is 0 Å². The van der Waals surface area contributed by atoms with Crippen LogP contribution in [-0.2, 0) is 13.2 Å². The van der Waals surface area contributed by atoms with Gasteiger partial charge in [0.1, 0.15) is 23.9 Å². The number of hydrogen-bond acceptors (Lipinski definition) is 6. The van der Waals surface area contributed by atoms with E-state index in [-0.39, 0.29) is 18.3 Å². The second-order valence-electron chi connectivity index (χ2n) is 6.20. The zero-order chi connectivity index (χ0) is 19.2. The Labute approximate surface area is 157 Å². The van der Waals surface area contributed by atoms with E-state index in [1.165, 1.54) is 0 Å². The maximum absolute atomic E-state index is 12.3. The highest BCUT2D eigenvalue weighted by atomic mass is 16.5. The van der Waals surface area contributed by atoms with Crippen LogP contribution in [0, 0.1) is 0 Å². The average Bonchev–Trinajstić information content (AvgIpc) is 3.29. The van der Waals surface area contributed by atoms with E-state index in [0.29, 0.717) is 23.9 Å². The number of carbonyl (C=O) groups is 1. The number of benzene rings is 1. The summed E-state index contributed by atoms with van der Waals surface area (Å²) in [5, 5.41) is 9.65. The molecule has 0 spiro atoms. The van der Waals surface area contributed by atoms with Crippen molar-refractivity contribution < 1.29 is 18.7 Å². The average molecular weight is 370 g/mol. The van der Waals surface area contributed by atoms with E-state index in [9.17, 15) is 4.79 Å². The molecular weight excluding hydrogens is 348 g/mol. The van der Waals surface area contributed by atoms with E-state index in [0.717, 1.165) is 11.4 Å². The summed E-state index contributed by atoms with van der Waals surface area (Å²) in [7, 11) is 5.52. The van der Waals surface area contributed by atoms with Gasteiger partial charge in [-0.1, -0.05) is 0 Å². The number of anilines is 1. The molecule has 2 aromatic heterocycles. The topological polar surface area (TPSA) is 92.6 Å². The number of aromatic amines is 1. The van der Waals surface area contributed by atoms with Crippen LogP contribution in [0.15, 0.2) is 46.9 Å². The van der Waals surface area contributed by atoms with Gasteiger partial charge in [-0.05, 0) is 50.5 Å². The number of rotatable bonds is 8. The van der Waals surface area contributed by atoms with Crippen molar-refractivity contribution in [2.24, 2.45) is 0 Å². The molecule has 2 heterocycles. The lowest BCUT2D eigenvalue weighted by Gasteiger charge is -2.05. The highest BCUT2D eigenvalue weighted by Crippen LogP contribution is 2.19. The molecule has 0 fully saturated rings. The predicted octanol–water partition coefficient (Wildman–Crippen LogP) is 2.90. The minimum atomic E-state index is -0.367. The number of furan rings is 1. The van der Waals surface area contributed by atoms with Crippen molar-refractivity contribution in [3.8, 4) is 11.5 Å². The molecule has 3 rings (SSSR count). The third kappa shape index (κ3) is 5.11. The molecule has 0 atom stereocenters. The Morgan fingerprint density at radius 1 is 1.19 bits per heavy atom. The van der Waals surface area contributed by atoms with Crippen LogP contribution >= 0.6 is 0 Å². The molecule has 1 aromatic carbocycles. The number of nitrogens with zero attached hydrogens (tertiary/aromatic N) is 2. The summed E-state index contributed by atoms with van der Waals surface area (Å²) in [5.41, 5.74) is 0.906. The van der Waals surface area contributed by atoms with Crippen LogP contribution in [0.2, 0.25) is 0 Å². The fourth-order valence-electron chi connectivity index (χ4n) is 2.43. The van der Waals surface area contributed by atoms with E-state index in [4.69, 9.17) is 13.9 Å². The standard InChI is InChI=1S/C19H22N4O4/c1-23(2)11-13-10-18(22-21-13)20-19(24)17-9-8-16(27-17)12-26-15-6-4-14(25-3)5-7-15/h4-10H,11-12H2,1-3H3,(H2,20,21,22,24). The molecule has 3 aromatic rings. The molecule has 27 heavy (non-hydrogen) atoms. The van der Waals surface area contributed by atoms with Gasteiger partial charge < -0.3 is 24.1 Å². The highest BCUT2D eigenvalue weighted by Gasteiger charge is 2.13. The number of nitrogens with one attached hydrogen (secondary N) is 2. The van der Waals surface area contributed by atoms with Crippen molar-refractivity contribution in [3.05, 3.63) is 59.7 Å². The number of ether oxygens (including phenoxy) is 2. The maximum Gasteiger partial charge on any atom is 0.292 e. The van der Waals surface area contributed by atoms with E-state index in [2.05, 4.69) is 15.5 Å². The zero-order valence-corrected chi connectivity index (χ0v) is 15.5. The number of H-pyrrole nitrogens is 1. The molecule has 1 amide bonds. The van der Waals surface area contributed by atoms with Crippen molar-refractivity contribution in [2.45, 2.75) is 13.2 Å². The third-order valence-electron chi connectivity index (χ3n) is 3.69. The summed E-state index contributed by atoms with van der Waals surface area (Å²) in [4.78, 5) is 14.3. The van der Waals surface area contributed by atoms with Crippen LogP contribution in [0.1, 0.15) is 22.0 Å². The van der Waals surface area contributed by atoms with Crippen LogP contribution < -0.4 is 14.8 Å². The Morgan fingerprint density at radius 3 is 2.63 bits per heavy atom. The molecular formula is C19H22N4O4. The van der Waals surface area contributed by atoms with Crippen molar-refractivity contribution in [2.75, 3.05) is 26.5 Å². The number of amides is 1. The first-order chi connectivity index (χ1) is 13.0. The SMILES string of the molecule is COc1ccc(OCc2ccc(C(=O)Nc3cc(CN(C)C)[nH]n3)o2)cc1. The molecule has 0 unspecified atom stereocenters. The summed E-state index contributed by atoms with van der Waals surface area (Å²) in [6, 6.07) is 12.3. The molecule has 0 aliphatic carbocycles. The molecule has 0 aliphatic heterocycles. The fourth-order valence-corrected chi connectivity index (χ4v) is 2.43. The van der Waals surface area contributed by atoms with Gasteiger partial charge in [0, 0.05) is 12.6 Å². The molecule has 0 aliphatic rings. The summed E-state index contributed by atoms with van der Waals surface area (Å²) in [6.45, 7) is 0.922. The molecule has 0 bridgehead atoms. The summed E-state index contributed by atoms with van der Waals surface area (Å²) < 4.78 is 16.3. The van der Waals surface area contributed by atoms with Gasteiger partial charge in [-0.3, -0.25) is 9.89 Å². The molecule has 0 saturated heterocycles. The minimum Gasteiger partial charge on any atom is -0.497 e. The highest BCUT2D eigenvalue weighted by molar-refractivity contribution is 6.01. The fraction of sp³-hybridized carbons (Fsp3) is 0.263. The van der Waals surface area contributed by atoms with Gasteiger partial charge in [0.25, 0.3) is 5.91 Å². The lowest BCUT2D eigenvalue weighted by Crippen LogP contribution is -2.11. The summed E-state index contributed by atoms with van der Waals surface area (Å²) >= 11 is 0. The zero-order valence-electron chi connectivity index (χ0n) is 15.5. The first-order valence-electron chi connectivity index (χ1n) is 8.39. The lowest BCUT2D eigenvalue weighted by molar-refractivity contribution is 0.0992. The van der Waals surface area contributed by atoms with Gasteiger partial charge in [0.15, 0.2) is 11.6 Å². The number of aromatic nitrogens is 2. The van der Waals surface area contributed by atoms with Crippen molar-refractivity contribution in [1.82, 2.24) is 15.1 Å². The lowest BCUT2D eigenvalue weighted by atomic mass is 10.3.